The SMILES string of the molecule is CCC(O)(Cc1cc(C)ccc1C)c1ccccc1. The summed E-state index contributed by atoms with van der Waals surface area (Å²) < 4.78 is 0. The van der Waals surface area contributed by atoms with Crippen molar-refractivity contribution in [2.75, 3.05) is 0 Å². The minimum absolute atomic E-state index is 0.668. The lowest BCUT2D eigenvalue weighted by molar-refractivity contribution is 0.0326. The lowest BCUT2D eigenvalue weighted by Gasteiger charge is -2.28. The van der Waals surface area contributed by atoms with Crippen LogP contribution in [-0.4, -0.2) is 5.11 Å². The van der Waals surface area contributed by atoms with Crippen LogP contribution in [0.5, 0.6) is 0 Å². The Kier molecular flexibility index (Phi) is 4.06. The molecule has 19 heavy (non-hydrogen) atoms. The van der Waals surface area contributed by atoms with Gasteiger partial charge in [0, 0.05) is 6.42 Å². The van der Waals surface area contributed by atoms with Gasteiger partial charge in [0.2, 0.25) is 0 Å². The summed E-state index contributed by atoms with van der Waals surface area (Å²) in [6.07, 6.45) is 1.38. The fraction of sp³-hybridized carbons (Fsp3) is 0.333. The van der Waals surface area contributed by atoms with Crippen molar-refractivity contribution in [2.45, 2.75) is 39.2 Å². The van der Waals surface area contributed by atoms with Gasteiger partial charge in [-0.15, -0.1) is 0 Å². The molecule has 0 aliphatic heterocycles. The molecule has 0 saturated heterocycles. The Labute approximate surface area is 115 Å². The van der Waals surface area contributed by atoms with E-state index in [0.717, 1.165) is 5.56 Å². The number of benzene rings is 2. The van der Waals surface area contributed by atoms with E-state index in [4.69, 9.17) is 0 Å². The first-order chi connectivity index (χ1) is 9.05. The summed E-state index contributed by atoms with van der Waals surface area (Å²) in [4.78, 5) is 0. The van der Waals surface area contributed by atoms with E-state index in [-0.39, 0.29) is 0 Å². The van der Waals surface area contributed by atoms with E-state index in [9.17, 15) is 5.11 Å². The Hall–Kier alpha value is -1.60. The molecule has 2 rings (SSSR count). The van der Waals surface area contributed by atoms with Gasteiger partial charge in [-0.05, 0) is 37.0 Å². The normalized spacial score (nSPS) is 14.1. The second-order valence-electron chi connectivity index (χ2n) is 5.36. The Bertz CT molecular complexity index is 545. The number of aliphatic hydroxyl groups is 1. The molecule has 1 nitrogen and oxygen atoms in total. The second-order valence-corrected chi connectivity index (χ2v) is 5.36. The Morgan fingerprint density at radius 1 is 1.00 bits per heavy atom. The fourth-order valence-corrected chi connectivity index (χ4v) is 2.49. The van der Waals surface area contributed by atoms with Crippen molar-refractivity contribution in [3.63, 3.8) is 0 Å². The van der Waals surface area contributed by atoms with Gasteiger partial charge in [0.1, 0.15) is 0 Å². The zero-order chi connectivity index (χ0) is 13.9. The summed E-state index contributed by atoms with van der Waals surface area (Å²) >= 11 is 0. The summed E-state index contributed by atoms with van der Waals surface area (Å²) in [5, 5.41) is 11.0. The van der Waals surface area contributed by atoms with Gasteiger partial charge in [0.15, 0.2) is 0 Å². The van der Waals surface area contributed by atoms with Crippen molar-refractivity contribution < 1.29 is 5.11 Å². The highest BCUT2D eigenvalue weighted by Gasteiger charge is 2.27. The minimum atomic E-state index is -0.778. The molecule has 0 heterocycles. The quantitative estimate of drug-likeness (QED) is 0.869. The number of hydrogen-bond acceptors (Lipinski definition) is 1. The van der Waals surface area contributed by atoms with Crippen LogP contribution in [0.1, 0.15) is 35.6 Å². The van der Waals surface area contributed by atoms with E-state index < -0.39 is 5.60 Å². The van der Waals surface area contributed by atoms with Crippen LogP contribution in [-0.2, 0) is 12.0 Å². The summed E-state index contributed by atoms with van der Waals surface area (Å²) in [6, 6.07) is 16.4. The molecule has 2 aromatic rings. The Morgan fingerprint density at radius 2 is 1.68 bits per heavy atom. The summed E-state index contributed by atoms with van der Waals surface area (Å²) in [5.74, 6) is 0. The fourth-order valence-electron chi connectivity index (χ4n) is 2.49. The van der Waals surface area contributed by atoms with Crippen LogP contribution in [0.25, 0.3) is 0 Å². The topological polar surface area (TPSA) is 20.2 Å². The zero-order valence-electron chi connectivity index (χ0n) is 12.0. The molecule has 0 amide bonds. The van der Waals surface area contributed by atoms with E-state index >= 15 is 0 Å². The second kappa shape index (κ2) is 5.58. The van der Waals surface area contributed by atoms with Gasteiger partial charge < -0.3 is 5.11 Å². The molecule has 1 atom stereocenters. The summed E-state index contributed by atoms with van der Waals surface area (Å²) in [6.45, 7) is 6.24. The van der Waals surface area contributed by atoms with Crippen LogP contribution < -0.4 is 0 Å². The molecule has 0 fully saturated rings. The van der Waals surface area contributed by atoms with Gasteiger partial charge in [-0.25, -0.2) is 0 Å². The van der Waals surface area contributed by atoms with Crippen molar-refractivity contribution in [3.05, 3.63) is 70.8 Å². The van der Waals surface area contributed by atoms with Crippen LogP contribution >= 0.6 is 0 Å². The molecule has 1 N–H and O–H groups in total. The van der Waals surface area contributed by atoms with Crippen molar-refractivity contribution in [3.8, 4) is 0 Å². The minimum Gasteiger partial charge on any atom is -0.385 e. The molecule has 0 aliphatic carbocycles. The average molecular weight is 254 g/mol. The maximum absolute atomic E-state index is 11.0. The van der Waals surface area contributed by atoms with E-state index in [1.54, 1.807) is 0 Å². The van der Waals surface area contributed by atoms with Crippen molar-refractivity contribution in [1.82, 2.24) is 0 Å². The predicted octanol–water partition coefficient (Wildman–Crippen LogP) is 4.14. The van der Waals surface area contributed by atoms with Crippen LogP contribution in [0, 0.1) is 13.8 Å². The van der Waals surface area contributed by atoms with E-state index in [0.29, 0.717) is 12.8 Å². The monoisotopic (exact) mass is 254 g/mol. The van der Waals surface area contributed by atoms with Gasteiger partial charge in [0.05, 0.1) is 5.60 Å². The smallest absolute Gasteiger partial charge is 0.0934 e. The lowest BCUT2D eigenvalue weighted by atomic mass is 9.83. The van der Waals surface area contributed by atoms with E-state index in [1.165, 1.54) is 16.7 Å². The first kappa shape index (κ1) is 13.8. The third-order valence-corrected chi connectivity index (χ3v) is 3.88. The van der Waals surface area contributed by atoms with Crippen molar-refractivity contribution in [1.29, 1.82) is 0 Å². The van der Waals surface area contributed by atoms with Gasteiger partial charge in [-0.2, -0.15) is 0 Å². The molecule has 0 aromatic heterocycles. The summed E-state index contributed by atoms with van der Waals surface area (Å²) in [7, 11) is 0. The zero-order valence-corrected chi connectivity index (χ0v) is 12.0. The van der Waals surface area contributed by atoms with E-state index in [1.807, 2.05) is 37.3 Å². The first-order valence-electron chi connectivity index (χ1n) is 6.89. The maximum atomic E-state index is 11.0. The lowest BCUT2D eigenvalue weighted by Crippen LogP contribution is -2.28. The van der Waals surface area contributed by atoms with Gasteiger partial charge in [-0.1, -0.05) is 61.0 Å². The molecular formula is C18H22O. The molecule has 0 radical (unpaired) electrons. The molecular weight excluding hydrogens is 232 g/mol. The predicted molar refractivity (Wildman–Crippen MR) is 80.2 cm³/mol. The third kappa shape index (κ3) is 3.05. The highest BCUT2D eigenvalue weighted by molar-refractivity contribution is 5.34. The van der Waals surface area contributed by atoms with Crippen molar-refractivity contribution in [2.24, 2.45) is 0 Å². The van der Waals surface area contributed by atoms with E-state index in [2.05, 4.69) is 32.0 Å². The largest absolute Gasteiger partial charge is 0.385 e. The maximum Gasteiger partial charge on any atom is 0.0934 e. The highest BCUT2D eigenvalue weighted by atomic mass is 16.3. The highest BCUT2D eigenvalue weighted by Crippen LogP contribution is 2.30. The number of rotatable bonds is 4. The molecule has 100 valence electrons. The van der Waals surface area contributed by atoms with Crippen molar-refractivity contribution >= 4 is 0 Å². The van der Waals surface area contributed by atoms with Gasteiger partial charge in [0.25, 0.3) is 0 Å². The van der Waals surface area contributed by atoms with Crippen LogP contribution in [0.3, 0.4) is 0 Å². The molecule has 0 spiro atoms. The number of hydrogen-bond donors (Lipinski definition) is 1. The molecule has 1 heteroatoms. The number of aryl methyl sites for hydroxylation is 2. The Balaban J connectivity index is 2.36. The van der Waals surface area contributed by atoms with Crippen LogP contribution in [0.15, 0.2) is 48.5 Å². The molecule has 2 aromatic carbocycles. The summed E-state index contributed by atoms with van der Waals surface area (Å²) in [5.41, 5.74) is 3.94. The third-order valence-electron chi connectivity index (χ3n) is 3.88. The molecule has 1 unspecified atom stereocenters. The molecule has 0 saturated carbocycles. The Morgan fingerprint density at radius 3 is 2.32 bits per heavy atom. The van der Waals surface area contributed by atoms with Gasteiger partial charge >= 0.3 is 0 Å². The standard InChI is InChI=1S/C18H22O/c1-4-18(19,17-8-6-5-7-9-17)13-16-12-14(2)10-11-15(16)3/h5-12,19H,4,13H2,1-3H3. The molecule has 0 bridgehead atoms. The van der Waals surface area contributed by atoms with Crippen LogP contribution in [0.2, 0.25) is 0 Å². The van der Waals surface area contributed by atoms with Gasteiger partial charge in [-0.3, -0.25) is 0 Å². The average Bonchev–Trinajstić information content (AvgIpc) is 2.44. The first-order valence-corrected chi connectivity index (χ1v) is 6.89. The van der Waals surface area contributed by atoms with Crippen LogP contribution in [0.4, 0.5) is 0 Å². The molecule has 0 aliphatic rings.